The minimum atomic E-state index is -0.297. The Balaban J connectivity index is 1.64. The minimum Gasteiger partial charge on any atom is -0.497 e. The van der Waals surface area contributed by atoms with Gasteiger partial charge in [0.25, 0.3) is 0 Å². The summed E-state index contributed by atoms with van der Waals surface area (Å²) in [5, 5.41) is 2.86. The second-order valence-corrected chi connectivity index (χ2v) is 5.38. The second-order valence-electron chi connectivity index (χ2n) is 5.38. The van der Waals surface area contributed by atoms with Crippen molar-refractivity contribution in [3.8, 4) is 5.75 Å². The number of likely N-dealkylation sites (N-methyl/N-ethyl adjacent to an activating group) is 1. The number of benzene rings is 1. The van der Waals surface area contributed by atoms with Crippen LogP contribution >= 0.6 is 0 Å². The lowest BCUT2D eigenvalue weighted by Gasteiger charge is -2.09. The van der Waals surface area contributed by atoms with Crippen molar-refractivity contribution in [2.75, 3.05) is 27.2 Å². The first-order valence-corrected chi connectivity index (χ1v) is 7.40. The first kappa shape index (κ1) is 16.1. The van der Waals surface area contributed by atoms with Crippen LogP contribution in [0, 0.1) is 0 Å². The molecule has 1 aromatic rings. The van der Waals surface area contributed by atoms with Crippen LogP contribution in [-0.4, -0.2) is 50.3 Å². The Kier molecular flexibility index (Phi) is 5.63. The molecule has 1 aliphatic heterocycles. The Morgan fingerprint density at radius 2 is 2.32 bits per heavy atom. The number of hydrogen-bond acceptors (Lipinski definition) is 4. The smallest absolute Gasteiger partial charge is 0.409 e. The third-order valence-corrected chi connectivity index (χ3v) is 3.62. The molecular weight excluding hydrogens is 284 g/mol. The molecule has 1 unspecified atom stereocenters. The zero-order valence-electron chi connectivity index (χ0n) is 13.0. The lowest BCUT2D eigenvalue weighted by atomic mass is 10.1. The van der Waals surface area contributed by atoms with Crippen LogP contribution in [0.1, 0.15) is 18.4 Å². The first-order valence-electron chi connectivity index (χ1n) is 7.40. The predicted molar refractivity (Wildman–Crippen MR) is 81.8 cm³/mol. The number of ether oxygens (including phenoxy) is 2. The molecule has 0 spiro atoms. The molecular formula is C16H22N2O4. The van der Waals surface area contributed by atoms with Gasteiger partial charge in [-0.05, 0) is 24.1 Å². The van der Waals surface area contributed by atoms with E-state index in [9.17, 15) is 9.59 Å². The molecule has 1 aliphatic rings. The Labute approximate surface area is 130 Å². The average Bonchev–Trinajstić information content (AvgIpc) is 2.84. The number of aryl methyl sites for hydroxylation is 1. The summed E-state index contributed by atoms with van der Waals surface area (Å²) in [5.74, 6) is 0.797. The standard InChI is InChI=1S/C16H22N2O4/c1-18-11-14(22-16(18)20)8-9-17-15(19)7-6-12-4-3-5-13(10-12)21-2/h3-5,10,14H,6-9,11H2,1-2H3,(H,17,19). The van der Waals surface area contributed by atoms with Gasteiger partial charge in [-0.2, -0.15) is 0 Å². The van der Waals surface area contributed by atoms with E-state index in [4.69, 9.17) is 9.47 Å². The number of carbonyl (C=O) groups is 2. The Bertz CT molecular complexity index is 533. The van der Waals surface area contributed by atoms with Crippen LogP contribution in [0.2, 0.25) is 0 Å². The number of methoxy groups -OCH3 is 1. The molecule has 1 aromatic carbocycles. The zero-order chi connectivity index (χ0) is 15.9. The molecule has 1 N–H and O–H groups in total. The van der Waals surface area contributed by atoms with Crippen molar-refractivity contribution < 1.29 is 19.1 Å². The maximum Gasteiger partial charge on any atom is 0.409 e. The van der Waals surface area contributed by atoms with Gasteiger partial charge in [-0.1, -0.05) is 12.1 Å². The molecule has 1 fully saturated rings. The highest BCUT2D eigenvalue weighted by atomic mass is 16.6. The van der Waals surface area contributed by atoms with Crippen molar-refractivity contribution in [2.45, 2.75) is 25.4 Å². The quantitative estimate of drug-likeness (QED) is 0.830. The van der Waals surface area contributed by atoms with Gasteiger partial charge in [0.1, 0.15) is 11.9 Å². The largest absolute Gasteiger partial charge is 0.497 e. The summed E-state index contributed by atoms with van der Waals surface area (Å²) >= 11 is 0. The van der Waals surface area contributed by atoms with Crippen molar-refractivity contribution in [1.29, 1.82) is 0 Å². The fourth-order valence-corrected chi connectivity index (χ4v) is 2.35. The van der Waals surface area contributed by atoms with E-state index in [2.05, 4.69) is 5.32 Å². The summed E-state index contributed by atoms with van der Waals surface area (Å²) in [5.41, 5.74) is 1.07. The van der Waals surface area contributed by atoms with Gasteiger partial charge in [-0.3, -0.25) is 4.79 Å². The van der Waals surface area contributed by atoms with E-state index in [0.717, 1.165) is 11.3 Å². The molecule has 1 atom stereocenters. The number of nitrogens with zero attached hydrogens (tertiary/aromatic N) is 1. The average molecular weight is 306 g/mol. The molecule has 0 aromatic heterocycles. The molecule has 0 saturated carbocycles. The first-order chi connectivity index (χ1) is 10.6. The summed E-state index contributed by atoms with van der Waals surface area (Å²) in [6.07, 6.45) is 1.31. The van der Waals surface area contributed by atoms with E-state index in [-0.39, 0.29) is 18.1 Å². The molecule has 22 heavy (non-hydrogen) atoms. The minimum absolute atomic E-state index is 0.000461. The normalized spacial score (nSPS) is 17.3. The van der Waals surface area contributed by atoms with Crippen molar-refractivity contribution >= 4 is 12.0 Å². The van der Waals surface area contributed by atoms with E-state index in [0.29, 0.717) is 32.4 Å². The van der Waals surface area contributed by atoms with E-state index >= 15 is 0 Å². The molecule has 120 valence electrons. The van der Waals surface area contributed by atoms with Gasteiger partial charge in [0.2, 0.25) is 5.91 Å². The maximum absolute atomic E-state index is 11.8. The number of amides is 2. The van der Waals surface area contributed by atoms with Crippen LogP contribution < -0.4 is 10.1 Å². The molecule has 2 amide bonds. The summed E-state index contributed by atoms with van der Waals surface area (Å²) in [6.45, 7) is 1.10. The summed E-state index contributed by atoms with van der Waals surface area (Å²) in [4.78, 5) is 24.5. The number of nitrogens with one attached hydrogen (secondary N) is 1. The van der Waals surface area contributed by atoms with Gasteiger partial charge < -0.3 is 19.7 Å². The van der Waals surface area contributed by atoms with Gasteiger partial charge in [0.15, 0.2) is 0 Å². The van der Waals surface area contributed by atoms with Gasteiger partial charge >= 0.3 is 6.09 Å². The lowest BCUT2D eigenvalue weighted by molar-refractivity contribution is -0.121. The van der Waals surface area contributed by atoms with Crippen LogP contribution in [0.25, 0.3) is 0 Å². The highest BCUT2D eigenvalue weighted by Crippen LogP contribution is 2.14. The number of rotatable bonds is 7. The van der Waals surface area contributed by atoms with Crippen molar-refractivity contribution in [2.24, 2.45) is 0 Å². The highest BCUT2D eigenvalue weighted by Gasteiger charge is 2.27. The fraction of sp³-hybridized carbons (Fsp3) is 0.500. The number of carbonyl (C=O) groups excluding carboxylic acids is 2. The molecule has 6 heteroatoms. The highest BCUT2D eigenvalue weighted by molar-refractivity contribution is 5.76. The molecule has 0 bridgehead atoms. The monoisotopic (exact) mass is 306 g/mol. The van der Waals surface area contributed by atoms with E-state index in [1.807, 2.05) is 24.3 Å². The van der Waals surface area contributed by atoms with Gasteiger partial charge in [-0.25, -0.2) is 4.79 Å². The zero-order valence-corrected chi connectivity index (χ0v) is 13.0. The van der Waals surface area contributed by atoms with E-state index in [1.165, 1.54) is 4.90 Å². The predicted octanol–water partition coefficient (Wildman–Crippen LogP) is 1.58. The Hall–Kier alpha value is -2.24. The topological polar surface area (TPSA) is 67.9 Å². The molecule has 0 radical (unpaired) electrons. The van der Waals surface area contributed by atoms with Crippen LogP contribution in [-0.2, 0) is 16.0 Å². The van der Waals surface area contributed by atoms with Crippen LogP contribution in [0.15, 0.2) is 24.3 Å². The van der Waals surface area contributed by atoms with Crippen molar-refractivity contribution in [3.05, 3.63) is 29.8 Å². The van der Waals surface area contributed by atoms with Gasteiger partial charge in [0.05, 0.1) is 13.7 Å². The van der Waals surface area contributed by atoms with Gasteiger partial charge in [-0.15, -0.1) is 0 Å². The third-order valence-electron chi connectivity index (χ3n) is 3.62. The van der Waals surface area contributed by atoms with Crippen molar-refractivity contribution in [3.63, 3.8) is 0 Å². The van der Waals surface area contributed by atoms with Crippen molar-refractivity contribution in [1.82, 2.24) is 10.2 Å². The third kappa shape index (κ3) is 4.65. The molecule has 0 aliphatic carbocycles. The van der Waals surface area contributed by atoms with Gasteiger partial charge in [0, 0.05) is 26.4 Å². The van der Waals surface area contributed by atoms with Crippen LogP contribution in [0.4, 0.5) is 4.79 Å². The Morgan fingerprint density at radius 1 is 1.50 bits per heavy atom. The SMILES string of the molecule is COc1cccc(CCC(=O)NCCC2CN(C)C(=O)O2)c1. The summed E-state index contributed by atoms with van der Waals surface area (Å²) in [6, 6.07) is 7.70. The van der Waals surface area contributed by atoms with Crippen LogP contribution in [0.3, 0.4) is 0 Å². The molecule has 2 rings (SSSR count). The molecule has 1 heterocycles. The van der Waals surface area contributed by atoms with E-state index < -0.39 is 0 Å². The Morgan fingerprint density at radius 3 is 3.00 bits per heavy atom. The molecule has 1 saturated heterocycles. The second kappa shape index (κ2) is 7.68. The lowest BCUT2D eigenvalue weighted by Crippen LogP contribution is -2.28. The maximum atomic E-state index is 11.8. The number of cyclic esters (lactones) is 1. The summed E-state index contributed by atoms with van der Waals surface area (Å²) < 4.78 is 10.3. The summed E-state index contributed by atoms with van der Waals surface area (Å²) in [7, 11) is 3.33. The molecule has 6 nitrogen and oxygen atoms in total. The van der Waals surface area contributed by atoms with E-state index in [1.54, 1.807) is 14.2 Å². The fourth-order valence-electron chi connectivity index (χ4n) is 2.35. The number of hydrogen-bond donors (Lipinski definition) is 1. The van der Waals surface area contributed by atoms with Crippen LogP contribution in [0.5, 0.6) is 5.75 Å².